The fourth-order valence-electron chi connectivity index (χ4n) is 2.86. The quantitative estimate of drug-likeness (QED) is 0.869. The first-order valence-corrected chi connectivity index (χ1v) is 6.30. The van der Waals surface area contributed by atoms with Gasteiger partial charge in [-0.15, -0.1) is 0 Å². The van der Waals surface area contributed by atoms with E-state index in [9.17, 15) is 0 Å². The van der Waals surface area contributed by atoms with Gasteiger partial charge in [-0.1, -0.05) is 12.1 Å². The molecule has 1 aromatic rings. The van der Waals surface area contributed by atoms with E-state index in [0.717, 1.165) is 18.8 Å². The molecule has 1 saturated heterocycles. The number of piperidine rings is 1. The third kappa shape index (κ3) is 2.61. The van der Waals surface area contributed by atoms with E-state index >= 15 is 0 Å². The summed E-state index contributed by atoms with van der Waals surface area (Å²) in [6, 6.07) is 8.80. The maximum absolute atomic E-state index is 5.91. The standard InChI is InChI=1S/C14H22N2O/c1-16-8-4-6-12(10-15)14(16)11-5-3-7-13(9-11)17-2/h3,5,7,9,12,14H,4,6,8,10,15H2,1-2H3/t12-,14-/m1/s1. The predicted octanol–water partition coefficient (Wildman–Crippen LogP) is 2.04. The fourth-order valence-corrected chi connectivity index (χ4v) is 2.86. The van der Waals surface area contributed by atoms with Crippen molar-refractivity contribution in [1.29, 1.82) is 0 Å². The zero-order valence-electron chi connectivity index (χ0n) is 10.7. The Balaban J connectivity index is 2.27. The molecular formula is C14H22N2O. The highest BCUT2D eigenvalue weighted by atomic mass is 16.5. The van der Waals surface area contributed by atoms with Crippen molar-refractivity contribution in [2.24, 2.45) is 11.7 Å². The summed E-state index contributed by atoms with van der Waals surface area (Å²) in [5, 5.41) is 0. The lowest BCUT2D eigenvalue weighted by molar-refractivity contribution is 0.125. The minimum atomic E-state index is 0.434. The van der Waals surface area contributed by atoms with Gasteiger partial charge in [-0.3, -0.25) is 4.90 Å². The number of rotatable bonds is 3. The van der Waals surface area contributed by atoms with Gasteiger partial charge in [0.15, 0.2) is 0 Å². The van der Waals surface area contributed by atoms with E-state index in [1.807, 2.05) is 6.07 Å². The van der Waals surface area contributed by atoms with Crippen molar-refractivity contribution >= 4 is 0 Å². The lowest BCUT2D eigenvalue weighted by Crippen LogP contribution is -2.39. The third-order valence-electron chi connectivity index (χ3n) is 3.75. The van der Waals surface area contributed by atoms with E-state index < -0.39 is 0 Å². The molecule has 0 unspecified atom stereocenters. The van der Waals surface area contributed by atoms with E-state index in [1.54, 1.807) is 7.11 Å². The molecule has 17 heavy (non-hydrogen) atoms. The van der Waals surface area contributed by atoms with Crippen molar-refractivity contribution in [2.75, 3.05) is 27.2 Å². The number of nitrogens with zero attached hydrogens (tertiary/aromatic N) is 1. The highest BCUT2D eigenvalue weighted by molar-refractivity contribution is 5.31. The number of hydrogen-bond acceptors (Lipinski definition) is 3. The molecule has 0 spiro atoms. The van der Waals surface area contributed by atoms with Crippen LogP contribution in [-0.2, 0) is 0 Å². The van der Waals surface area contributed by atoms with E-state index in [2.05, 4.69) is 30.1 Å². The van der Waals surface area contributed by atoms with Crippen LogP contribution in [0.3, 0.4) is 0 Å². The van der Waals surface area contributed by atoms with Crippen molar-refractivity contribution in [3.05, 3.63) is 29.8 Å². The molecule has 1 aliphatic rings. The average molecular weight is 234 g/mol. The summed E-state index contributed by atoms with van der Waals surface area (Å²) in [5.41, 5.74) is 7.23. The first-order valence-electron chi connectivity index (χ1n) is 6.30. The molecule has 2 atom stereocenters. The highest BCUT2D eigenvalue weighted by Gasteiger charge is 2.29. The van der Waals surface area contributed by atoms with Gasteiger partial charge in [0.25, 0.3) is 0 Å². The van der Waals surface area contributed by atoms with Gasteiger partial charge in [-0.2, -0.15) is 0 Å². The van der Waals surface area contributed by atoms with Gasteiger partial charge in [-0.25, -0.2) is 0 Å². The van der Waals surface area contributed by atoms with Gasteiger partial charge in [0.2, 0.25) is 0 Å². The van der Waals surface area contributed by atoms with Gasteiger partial charge < -0.3 is 10.5 Å². The van der Waals surface area contributed by atoms with Crippen LogP contribution in [0.2, 0.25) is 0 Å². The van der Waals surface area contributed by atoms with Crippen LogP contribution < -0.4 is 10.5 Å². The van der Waals surface area contributed by atoms with Crippen LogP contribution in [0, 0.1) is 5.92 Å². The summed E-state index contributed by atoms with van der Waals surface area (Å²) >= 11 is 0. The zero-order chi connectivity index (χ0) is 12.3. The Labute approximate surface area is 104 Å². The number of methoxy groups -OCH3 is 1. The number of hydrogen-bond donors (Lipinski definition) is 1. The summed E-state index contributed by atoms with van der Waals surface area (Å²) in [6.07, 6.45) is 2.47. The lowest BCUT2D eigenvalue weighted by atomic mass is 9.85. The van der Waals surface area contributed by atoms with Crippen molar-refractivity contribution in [2.45, 2.75) is 18.9 Å². The molecule has 0 aliphatic carbocycles. The molecule has 0 bridgehead atoms. The molecule has 0 aromatic heterocycles. The second kappa shape index (κ2) is 5.52. The van der Waals surface area contributed by atoms with Gasteiger partial charge in [0, 0.05) is 6.04 Å². The first-order chi connectivity index (χ1) is 8.26. The van der Waals surface area contributed by atoms with E-state index in [0.29, 0.717) is 12.0 Å². The molecule has 0 radical (unpaired) electrons. The third-order valence-corrected chi connectivity index (χ3v) is 3.75. The second-order valence-electron chi connectivity index (χ2n) is 4.84. The minimum Gasteiger partial charge on any atom is -0.497 e. The van der Waals surface area contributed by atoms with Crippen LogP contribution >= 0.6 is 0 Å². The maximum Gasteiger partial charge on any atom is 0.119 e. The van der Waals surface area contributed by atoms with Gasteiger partial charge in [0.05, 0.1) is 7.11 Å². The Morgan fingerprint density at radius 1 is 1.47 bits per heavy atom. The summed E-state index contributed by atoms with van der Waals surface area (Å²) in [7, 11) is 3.90. The molecule has 1 heterocycles. The lowest BCUT2D eigenvalue weighted by Gasteiger charge is -2.39. The van der Waals surface area contributed by atoms with Crippen molar-refractivity contribution in [3.63, 3.8) is 0 Å². The molecule has 3 nitrogen and oxygen atoms in total. The van der Waals surface area contributed by atoms with Crippen LogP contribution in [0.1, 0.15) is 24.4 Å². The van der Waals surface area contributed by atoms with Gasteiger partial charge in [-0.05, 0) is 56.6 Å². The van der Waals surface area contributed by atoms with E-state index in [4.69, 9.17) is 10.5 Å². The molecular weight excluding hydrogens is 212 g/mol. The molecule has 3 heteroatoms. The van der Waals surface area contributed by atoms with Gasteiger partial charge in [0.1, 0.15) is 5.75 Å². The largest absolute Gasteiger partial charge is 0.497 e. The Bertz CT molecular complexity index is 367. The molecule has 94 valence electrons. The number of nitrogens with two attached hydrogens (primary N) is 1. The summed E-state index contributed by atoms with van der Waals surface area (Å²) in [6.45, 7) is 1.91. The smallest absolute Gasteiger partial charge is 0.119 e. The molecule has 1 aromatic carbocycles. The van der Waals surface area contributed by atoms with Crippen LogP contribution in [-0.4, -0.2) is 32.1 Å². The highest BCUT2D eigenvalue weighted by Crippen LogP contribution is 2.35. The van der Waals surface area contributed by atoms with Crippen molar-refractivity contribution in [3.8, 4) is 5.75 Å². The maximum atomic E-state index is 5.91. The fraction of sp³-hybridized carbons (Fsp3) is 0.571. The van der Waals surface area contributed by atoms with Crippen LogP contribution in [0.25, 0.3) is 0 Å². The van der Waals surface area contributed by atoms with E-state index in [1.165, 1.54) is 18.4 Å². The number of benzene rings is 1. The van der Waals surface area contributed by atoms with Crippen LogP contribution in [0.15, 0.2) is 24.3 Å². The zero-order valence-corrected chi connectivity index (χ0v) is 10.7. The first kappa shape index (κ1) is 12.4. The minimum absolute atomic E-state index is 0.434. The summed E-state index contributed by atoms with van der Waals surface area (Å²) in [4.78, 5) is 2.41. The summed E-state index contributed by atoms with van der Waals surface area (Å²) < 4.78 is 5.30. The average Bonchev–Trinajstić information content (AvgIpc) is 2.38. The Morgan fingerprint density at radius 3 is 3.00 bits per heavy atom. The normalized spacial score (nSPS) is 25.8. The number of ether oxygens (including phenoxy) is 1. The summed E-state index contributed by atoms with van der Waals surface area (Å²) in [5.74, 6) is 1.48. The van der Waals surface area contributed by atoms with Crippen molar-refractivity contribution < 1.29 is 4.74 Å². The Hall–Kier alpha value is -1.06. The monoisotopic (exact) mass is 234 g/mol. The molecule has 1 fully saturated rings. The molecule has 2 rings (SSSR count). The van der Waals surface area contributed by atoms with Crippen LogP contribution in [0.4, 0.5) is 0 Å². The SMILES string of the molecule is COc1cccc([C@@H]2[C@@H](CN)CCCN2C)c1. The Kier molecular flexibility index (Phi) is 4.02. The van der Waals surface area contributed by atoms with Crippen molar-refractivity contribution in [1.82, 2.24) is 4.90 Å². The topological polar surface area (TPSA) is 38.5 Å². The second-order valence-corrected chi connectivity index (χ2v) is 4.84. The molecule has 0 amide bonds. The Morgan fingerprint density at radius 2 is 2.29 bits per heavy atom. The van der Waals surface area contributed by atoms with E-state index in [-0.39, 0.29) is 0 Å². The van der Waals surface area contributed by atoms with Crippen LogP contribution in [0.5, 0.6) is 5.75 Å². The molecule has 1 aliphatic heterocycles. The number of likely N-dealkylation sites (tertiary alicyclic amines) is 1. The predicted molar refractivity (Wildman–Crippen MR) is 70.1 cm³/mol. The molecule has 2 N–H and O–H groups in total. The van der Waals surface area contributed by atoms with Gasteiger partial charge >= 0.3 is 0 Å². The molecule has 0 saturated carbocycles.